The van der Waals surface area contributed by atoms with Crippen molar-refractivity contribution in [2.75, 3.05) is 0 Å². The molecule has 2 N–H and O–H groups in total. The van der Waals surface area contributed by atoms with Crippen LogP contribution in [0.15, 0.2) is 30.6 Å². The van der Waals surface area contributed by atoms with Crippen LogP contribution in [0.1, 0.15) is 16.6 Å². The largest absolute Gasteiger partial charge is 0.322 e. The van der Waals surface area contributed by atoms with Crippen LogP contribution in [0.5, 0.6) is 0 Å². The summed E-state index contributed by atoms with van der Waals surface area (Å²) in [7, 11) is 0. The summed E-state index contributed by atoms with van der Waals surface area (Å²) in [5, 5.41) is 1.59. The summed E-state index contributed by atoms with van der Waals surface area (Å²) in [5.74, 6) is 0. The molecule has 78 valence electrons. The molecule has 0 aliphatic rings. The third-order valence-corrected chi connectivity index (χ3v) is 3.07. The Labute approximate surface area is 97.1 Å². The van der Waals surface area contributed by atoms with E-state index in [2.05, 4.69) is 9.36 Å². The molecule has 0 saturated heterocycles. The summed E-state index contributed by atoms with van der Waals surface area (Å²) in [4.78, 5) is 4.08. The average Bonchev–Trinajstić information content (AvgIpc) is 2.70. The molecule has 1 heterocycles. The van der Waals surface area contributed by atoms with Crippen LogP contribution in [-0.2, 0) is 6.42 Å². The van der Waals surface area contributed by atoms with E-state index in [0.29, 0.717) is 0 Å². The molecule has 0 aliphatic carbocycles. The van der Waals surface area contributed by atoms with E-state index in [0.717, 1.165) is 22.0 Å². The molecule has 15 heavy (non-hydrogen) atoms. The molecule has 5 heteroatoms. The Hall–Kier alpha value is -0.970. The van der Waals surface area contributed by atoms with Gasteiger partial charge in [-0.05, 0) is 35.6 Å². The fourth-order valence-electron chi connectivity index (χ4n) is 1.35. The summed E-state index contributed by atoms with van der Waals surface area (Å²) < 4.78 is 3.93. The molecule has 2 rings (SSSR count). The van der Waals surface area contributed by atoms with Crippen LogP contribution in [0.3, 0.4) is 0 Å². The molecule has 1 atom stereocenters. The normalized spacial score (nSPS) is 12.7. The monoisotopic (exact) mass is 239 g/mol. The van der Waals surface area contributed by atoms with Gasteiger partial charge in [0.15, 0.2) is 0 Å². The van der Waals surface area contributed by atoms with Crippen LogP contribution in [0, 0.1) is 0 Å². The first-order valence-corrected chi connectivity index (χ1v) is 5.67. The standard InChI is InChI=1S/C10H10ClN3S/c11-8-3-1-2-7(4-8)5-9(12)10-13-6-14-15-10/h1-4,6,9H,5,12H2. The van der Waals surface area contributed by atoms with Crippen LogP contribution in [0.25, 0.3) is 0 Å². The van der Waals surface area contributed by atoms with Gasteiger partial charge in [0, 0.05) is 5.02 Å². The van der Waals surface area contributed by atoms with Gasteiger partial charge in [0.05, 0.1) is 6.04 Å². The lowest BCUT2D eigenvalue weighted by molar-refractivity contribution is 0.715. The molecule has 0 fully saturated rings. The van der Waals surface area contributed by atoms with E-state index >= 15 is 0 Å². The van der Waals surface area contributed by atoms with Crippen molar-refractivity contribution < 1.29 is 0 Å². The number of hydrogen-bond acceptors (Lipinski definition) is 4. The Morgan fingerprint density at radius 1 is 1.47 bits per heavy atom. The highest BCUT2D eigenvalue weighted by Gasteiger charge is 2.10. The smallest absolute Gasteiger partial charge is 0.130 e. The Bertz CT molecular complexity index is 430. The summed E-state index contributed by atoms with van der Waals surface area (Å²) in [6, 6.07) is 7.59. The van der Waals surface area contributed by atoms with Gasteiger partial charge in [0.1, 0.15) is 11.3 Å². The Kier molecular flexibility index (Phi) is 3.30. The summed E-state index contributed by atoms with van der Waals surface area (Å²) in [6.45, 7) is 0. The second kappa shape index (κ2) is 4.70. The van der Waals surface area contributed by atoms with Crippen LogP contribution in [-0.4, -0.2) is 9.36 Å². The molecule has 0 amide bonds. The lowest BCUT2D eigenvalue weighted by atomic mass is 10.1. The maximum Gasteiger partial charge on any atom is 0.130 e. The summed E-state index contributed by atoms with van der Waals surface area (Å²) in [6.07, 6.45) is 2.26. The van der Waals surface area contributed by atoms with E-state index in [1.165, 1.54) is 17.9 Å². The molecule has 0 radical (unpaired) electrons. The maximum atomic E-state index is 5.99. The predicted octanol–water partition coefficient (Wildman–Crippen LogP) is 2.43. The lowest BCUT2D eigenvalue weighted by Gasteiger charge is -2.07. The summed E-state index contributed by atoms with van der Waals surface area (Å²) in [5.41, 5.74) is 7.10. The molecule has 2 aromatic rings. The van der Waals surface area contributed by atoms with E-state index < -0.39 is 0 Å². The predicted molar refractivity (Wildman–Crippen MR) is 62.0 cm³/mol. The number of benzene rings is 1. The minimum absolute atomic E-state index is 0.101. The van der Waals surface area contributed by atoms with E-state index in [-0.39, 0.29) is 6.04 Å². The SMILES string of the molecule is NC(Cc1cccc(Cl)c1)c1ncns1. The highest BCUT2D eigenvalue weighted by molar-refractivity contribution is 7.05. The molecular weight excluding hydrogens is 230 g/mol. The number of aromatic nitrogens is 2. The zero-order chi connectivity index (χ0) is 10.7. The molecular formula is C10H10ClN3S. The van der Waals surface area contributed by atoms with Crippen LogP contribution < -0.4 is 5.73 Å². The highest BCUT2D eigenvalue weighted by Crippen LogP contribution is 2.18. The van der Waals surface area contributed by atoms with Gasteiger partial charge in [-0.1, -0.05) is 23.7 Å². The van der Waals surface area contributed by atoms with Crippen LogP contribution >= 0.6 is 23.1 Å². The van der Waals surface area contributed by atoms with E-state index in [1.54, 1.807) is 0 Å². The number of nitrogens with two attached hydrogens (primary N) is 1. The zero-order valence-corrected chi connectivity index (χ0v) is 9.50. The molecule has 0 aliphatic heterocycles. The lowest BCUT2D eigenvalue weighted by Crippen LogP contribution is -2.12. The minimum Gasteiger partial charge on any atom is -0.322 e. The minimum atomic E-state index is -0.101. The Balaban J connectivity index is 2.09. The van der Waals surface area contributed by atoms with E-state index in [4.69, 9.17) is 17.3 Å². The Morgan fingerprint density at radius 3 is 3.00 bits per heavy atom. The van der Waals surface area contributed by atoms with Gasteiger partial charge in [0.2, 0.25) is 0 Å². The van der Waals surface area contributed by atoms with Crippen molar-refractivity contribution in [2.45, 2.75) is 12.5 Å². The van der Waals surface area contributed by atoms with Gasteiger partial charge in [-0.3, -0.25) is 0 Å². The van der Waals surface area contributed by atoms with Crippen molar-refractivity contribution in [3.8, 4) is 0 Å². The van der Waals surface area contributed by atoms with Crippen LogP contribution in [0.4, 0.5) is 0 Å². The second-order valence-electron chi connectivity index (χ2n) is 3.22. The average molecular weight is 240 g/mol. The first kappa shape index (κ1) is 10.5. The quantitative estimate of drug-likeness (QED) is 0.895. The van der Waals surface area contributed by atoms with Gasteiger partial charge in [-0.15, -0.1) is 0 Å². The van der Waals surface area contributed by atoms with Crippen molar-refractivity contribution in [3.05, 3.63) is 46.2 Å². The van der Waals surface area contributed by atoms with Gasteiger partial charge < -0.3 is 5.73 Å². The highest BCUT2D eigenvalue weighted by atomic mass is 35.5. The Morgan fingerprint density at radius 2 is 2.33 bits per heavy atom. The number of hydrogen-bond donors (Lipinski definition) is 1. The molecule has 1 aromatic carbocycles. The second-order valence-corrected chi connectivity index (χ2v) is 4.47. The van der Waals surface area contributed by atoms with Crippen molar-refractivity contribution >= 4 is 23.1 Å². The third-order valence-electron chi connectivity index (χ3n) is 2.04. The van der Waals surface area contributed by atoms with E-state index in [9.17, 15) is 0 Å². The molecule has 0 saturated carbocycles. The van der Waals surface area contributed by atoms with Gasteiger partial charge in [-0.2, -0.15) is 4.37 Å². The third kappa shape index (κ3) is 2.75. The van der Waals surface area contributed by atoms with Gasteiger partial charge in [0.25, 0.3) is 0 Å². The van der Waals surface area contributed by atoms with Crippen molar-refractivity contribution in [1.82, 2.24) is 9.36 Å². The van der Waals surface area contributed by atoms with Crippen LogP contribution in [0.2, 0.25) is 5.02 Å². The van der Waals surface area contributed by atoms with Crippen molar-refractivity contribution in [3.63, 3.8) is 0 Å². The summed E-state index contributed by atoms with van der Waals surface area (Å²) >= 11 is 7.22. The number of nitrogens with zero attached hydrogens (tertiary/aromatic N) is 2. The fraction of sp³-hybridized carbons (Fsp3) is 0.200. The number of halogens is 1. The van der Waals surface area contributed by atoms with Crippen molar-refractivity contribution in [2.24, 2.45) is 5.73 Å². The first-order chi connectivity index (χ1) is 7.25. The maximum absolute atomic E-state index is 5.99. The fourth-order valence-corrected chi connectivity index (χ4v) is 2.08. The molecule has 3 nitrogen and oxygen atoms in total. The van der Waals surface area contributed by atoms with Gasteiger partial charge >= 0.3 is 0 Å². The van der Waals surface area contributed by atoms with Crippen molar-refractivity contribution in [1.29, 1.82) is 0 Å². The molecule has 1 unspecified atom stereocenters. The van der Waals surface area contributed by atoms with E-state index in [1.807, 2.05) is 24.3 Å². The number of rotatable bonds is 3. The zero-order valence-electron chi connectivity index (χ0n) is 7.93. The molecule has 0 bridgehead atoms. The molecule has 1 aromatic heterocycles. The topological polar surface area (TPSA) is 51.8 Å². The van der Waals surface area contributed by atoms with Gasteiger partial charge in [-0.25, -0.2) is 4.98 Å². The first-order valence-electron chi connectivity index (χ1n) is 4.52. The molecule has 0 spiro atoms.